The van der Waals surface area contributed by atoms with Crippen LogP contribution in [0.4, 0.5) is 0 Å². The van der Waals surface area contributed by atoms with E-state index in [1.807, 2.05) is 30.0 Å². The molecule has 5 heteroatoms. The lowest BCUT2D eigenvalue weighted by molar-refractivity contribution is 0.0549. The zero-order valence-electron chi connectivity index (χ0n) is 13.0. The molecular formula is C17H22N4O. The topological polar surface area (TPSA) is 61.0 Å². The maximum absolute atomic E-state index is 12.9. The zero-order valence-corrected chi connectivity index (χ0v) is 13.0. The predicted octanol–water partition coefficient (Wildman–Crippen LogP) is 2.09. The number of likely N-dealkylation sites (tertiary alicyclic amines) is 1. The lowest BCUT2D eigenvalue weighted by Gasteiger charge is -2.39. The molecule has 1 aromatic heterocycles. The smallest absolute Gasteiger partial charge is 0.275 e. The average Bonchev–Trinajstić information content (AvgIpc) is 3.13. The molecule has 1 aromatic carbocycles. The number of carbonyl (C=O) groups excluding carboxylic acids is 1. The van der Waals surface area contributed by atoms with E-state index in [9.17, 15) is 4.79 Å². The lowest BCUT2D eigenvalue weighted by atomic mass is 9.79. The standard InChI is InChI=1S/C17H22N4O/c1-12-3-4-14-13(9-12)15(20-19-14)16(22)21-8-2-5-17(11-21)6-7-18-10-17/h3-4,9,18H,2,5-8,10-11H2,1H3,(H,19,20)/t17-/m1/s1. The van der Waals surface area contributed by atoms with Gasteiger partial charge in [-0.15, -0.1) is 0 Å². The summed E-state index contributed by atoms with van der Waals surface area (Å²) in [6.45, 7) is 5.87. The summed E-state index contributed by atoms with van der Waals surface area (Å²) >= 11 is 0. The molecule has 0 bridgehead atoms. The predicted molar refractivity (Wildman–Crippen MR) is 85.9 cm³/mol. The summed E-state index contributed by atoms with van der Waals surface area (Å²) in [7, 11) is 0. The second kappa shape index (κ2) is 5.09. The summed E-state index contributed by atoms with van der Waals surface area (Å²) in [4.78, 5) is 15.0. The molecule has 4 rings (SSSR count). The van der Waals surface area contributed by atoms with Crippen LogP contribution >= 0.6 is 0 Å². The van der Waals surface area contributed by atoms with Gasteiger partial charge < -0.3 is 10.2 Å². The number of benzene rings is 1. The number of hydrogen-bond donors (Lipinski definition) is 2. The number of nitrogens with one attached hydrogen (secondary N) is 2. The molecule has 1 amide bonds. The minimum Gasteiger partial charge on any atom is -0.337 e. The van der Waals surface area contributed by atoms with Crippen molar-refractivity contribution in [3.05, 3.63) is 29.5 Å². The van der Waals surface area contributed by atoms with Crippen molar-refractivity contribution >= 4 is 16.8 Å². The van der Waals surface area contributed by atoms with E-state index in [0.29, 0.717) is 5.69 Å². The SMILES string of the molecule is Cc1ccc2[nH]nc(C(=O)N3CCC[C@]4(CCNC4)C3)c2c1. The van der Waals surface area contributed by atoms with Gasteiger partial charge in [0.2, 0.25) is 0 Å². The second-order valence-corrected chi connectivity index (χ2v) is 6.88. The van der Waals surface area contributed by atoms with Gasteiger partial charge in [0.25, 0.3) is 5.91 Å². The molecule has 2 aliphatic heterocycles. The summed E-state index contributed by atoms with van der Waals surface area (Å²) in [5.41, 5.74) is 2.94. The van der Waals surface area contributed by atoms with E-state index in [-0.39, 0.29) is 11.3 Å². The van der Waals surface area contributed by atoms with Crippen molar-refractivity contribution < 1.29 is 4.79 Å². The summed E-state index contributed by atoms with van der Waals surface area (Å²) in [5.74, 6) is 0.0721. The molecule has 1 atom stereocenters. The Kier molecular flexibility index (Phi) is 3.18. The highest BCUT2D eigenvalue weighted by Gasteiger charge is 2.40. The number of aryl methyl sites for hydroxylation is 1. The molecule has 2 N–H and O–H groups in total. The Labute approximate surface area is 130 Å². The number of H-pyrrole nitrogens is 1. The number of aromatic nitrogens is 2. The molecule has 2 aromatic rings. The van der Waals surface area contributed by atoms with Gasteiger partial charge in [0.15, 0.2) is 5.69 Å². The van der Waals surface area contributed by atoms with E-state index in [4.69, 9.17) is 0 Å². The molecule has 0 aliphatic carbocycles. The van der Waals surface area contributed by atoms with Crippen molar-refractivity contribution in [3.8, 4) is 0 Å². The number of aromatic amines is 1. The van der Waals surface area contributed by atoms with Gasteiger partial charge in [-0.2, -0.15) is 5.10 Å². The largest absolute Gasteiger partial charge is 0.337 e. The van der Waals surface area contributed by atoms with Crippen molar-refractivity contribution in [1.82, 2.24) is 20.4 Å². The Morgan fingerprint density at radius 3 is 3.09 bits per heavy atom. The number of carbonyl (C=O) groups is 1. The number of piperidine rings is 1. The van der Waals surface area contributed by atoms with Crippen molar-refractivity contribution in [3.63, 3.8) is 0 Å². The quantitative estimate of drug-likeness (QED) is 0.847. The molecule has 22 heavy (non-hydrogen) atoms. The van der Waals surface area contributed by atoms with Crippen LogP contribution in [-0.2, 0) is 0 Å². The number of rotatable bonds is 1. The monoisotopic (exact) mass is 298 g/mol. The van der Waals surface area contributed by atoms with Crippen LogP contribution in [0, 0.1) is 12.3 Å². The molecule has 5 nitrogen and oxygen atoms in total. The van der Waals surface area contributed by atoms with Crippen molar-refractivity contribution in [2.45, 2.75) is 26.2 Å². The molecule has 0 unspecified atom stereocenters. The van der Waals surface area contributed by atoms with Crippen LogP contribution in [0.1, 0.15) is 35.3 Å². The fourth-order valence-electron chi connectivity index (χ4n) is 3.97. The highest BCUT2D eigenvalue weighted by Crippen LogP contribution is 2.36. The Balaban J connectivity index is 1.64. The average molecular weight is 298 g/mol. The van der Waals surface area contributed by atoms with E-state index in [1.54, 1.807) is 0 Å². The Bertz CT molecular complexity index is 715. The zero-order chi connectivity index (χ0) is 15.2. The van der Waals surface area contributed by atoms with Crippen molar-refractivity contribution in [2.24, 2.45) is 5.41 Å². The normalized spacial score (nSPS) is 25.2. The minimum absolute atomic E-state index is 0.0721. The molecule has 116 valence electrons. The number of amides is 1. The molecule has 0 radical (unpaired) electrons. The molecule has 2 fully saturated rings. The number of fused-ring (bicyclic) bond motifs is 1. The van der Waals surface area contributed by atoms with Gasteiger partial charge in [-0.05, 0) is 44.9 Å². The summed E-state index contributed by atoms with van der Waals surface area (Å²) in [5, 5.41) is 11.7. The summed E-state index contributed by atoms with van der Waals surface area (Å²) < 4.78 is 0. The van der Waals surface area contributed by atoms with E-state index in [1.165, 1.54) is 12.8 Å². The first-order valence-corrected chi connectivity index (χ1v) is 8.12. The lowest BCUT2D eigenvalue weighted by Crippen LogP contribution is -2.47. The molecule has 0 saturated carbocycles. The second-order valence-electron chi connectivity index (χ2n) is 6.88. The van der Waals surface area contributed by atoms with E-state index in [2.05, 4.69) is 15.5 Å². The van der Waals surface area contributed by atoms with E-state index < -0.39 is 0 Å². The minimum atomic E-state index is 0.0721. The molecular weight excluding hydrogens is 276 g/mol. The number of nitrogens with zero attached hydrogens (tertiary/aromatic N) is 2. The third-order valence-electron chi connectivity index (χ3n) is 5.20. The van der Waals surface area contributed by atoms with Gasteiger partial charge in [0, 0.05) is 30.4 Å². The Hall–Kier alpha value is -1.88. The third kappa shape index (κ3) is 2.20. The van der Waals surface area contributed by atoms with Gasteiger partial charge >= 0.3 is 0 Å². The van der Waals surface area contributed by atoms with Gasteiger partial charge in [0.05, 0.1) is 5.52 Å². The fraction of sp³-hybridized carbons (Fsp3) is 0.529. The van der Waals surface area contributed by atoms with Crippen LogP contribution in [0.25, 0.3) is 10.9 Å². The van der Waals surface area contributed by atoms with Crippen LogP contribution in [0.2, 0.25) is 0 Å². The Morgan fingerprint density at radius 1 is 1.36 bits per heavy atom. The molecule has 1 spiro atoms. The highest BCUT2D eigenvalue weighted by atomic mass is 16.2. The van der Waals surface area contributed by atoms with Crippen LogP contribution in [0.3, 0.4) is 0 Å². The van der Waals surface area contributed by atoms with Crippen molar-refractivity contribution in [2.75, 3.05) is 26.2 Å². The van der Waals surface area contributed by atoms with Gasteiger partial charge in [-0.1, -0.05) is 11.6 Å². The maximum Gasteiger partial charge on any atom is 0.275 e. The first-order valence-electron chi connectivity index (χ1n) is 8.12. The highest BCUT2D eigenvalue weighted by molar-refractivity contribution is 6.04. The number of hydrogen-bond acceptors (Lipinski definition) is 3. The Morgan fingerprint density at radius 2 is 2.27 bits per heavy atom. The fourth-order valence-corrected chi connectivity index (χ4v) is 3.97. The summed E-state index contributed by atoms with van der Waals surface area (Å²) in [6.07, 6.45) is 3.50. The molecule has 2 saturated heterocycles. The van der Waals surface area contributed by atoms with E-state index >= 15 is 0 Å². The van der Waals surface area contributed by atoms with Crippen LogP contribution in [0.5, 0.6) is 0 Å². The van der Waals surface area contributed by atoms with Gasteiger partial charge in [-0.25, -0.2) is 0 Å². The maximum atomic E-state index is 12.9. The van der Waals surface area contributed by atoms with Crippen LogP contribution in [0.15, 0.2) is 18.2 Å². The van der Waals surface area contributed by atoms with Gasteiger partial charge in [0.1, 0.15) is 0 Å². The third-order valence-corrected chi connectivity index (χ3v) is 5.20. The van der Waals surface area contributed by atoms with Gasteiger partial charge in [-0.3, -0.25) is 9.89 Å². The van der Waals surface area contributed by atoms with Crippen LogP contribution < -0.4 is 5.32 Å². The molecule has 2 aliphatic rings. The first-order chi connectivity index (χ1) is 10.7. The first kappa shape index (κ1) is 13.8. The van der Waals surface area contributed by atoms with E-state index in [0.717, 1.165) is 49.1 Å². The molecule has 3 heterocycles. The summed E-state index contributed by atoms with van der Waals surface area (Å²) in [6, 6.07) is 6.07. The van der Waals surface area contributed by atoms with Crippen molar-refractivity contribution in [1.29, 1.82) is 0 Å². The van der Waals surface area contributed by atoms with Crippen LogP contribution in [-0.4, -0.2) is 47.2 Å².